The molecule has 0 saturated heterocycles. The highest BCUT2D eigenvalue weighted by Gasteiger charge is 2.35. The number of nitrogens with one attached hydrogen (secondary N) is 1. The maximum Gasteiger partial charge on any atom is 0.338 e. The quantitative estimate of drug-likeness (QED) is 0.821. The Balaban J connectivity index is 1.69. The average Bonchev–Trinajstić information content (AvgIpc) is 3.10. The number of allylic oxidation sites excluding steroid dienone is 1. The maximum absolute atomic E-state index is 13.1. The van der Waals surface area contributed by atoms with Crippen molar-refractivity contribution < 1.29 is 9.53 Å². The lowest BCUT2D eigenvalue weighted by atomic mass is 9.95. The molecular formula is C19H21ClN4O2. The van der Waals surface area contributed by atoms with Crippen molar-refractivity contribution in [2.45, 2.75) is 51.2 Å². The number of carbonyl (C=O) groups excluding carboxylic acids is 1. The van der Waals surface area contributed by atoms with Crippen LogP contribution in [0.2, 0.25) is 5.02 Å². The number of hydrogen-bond donors (Lipinski definition) is 1. The summed E-state index contributed by atoms with van der Waals surface area (Å²) in [6.45, 7) is 1.87. The molecule has 0 amide bonds. The number of esters is 1. The molecule has 4 rings (SSSR count). The van der Waals surface area contributed by atoms with Crippen LogP contribution >= 0.6 is 11.6 Å². The second-order valence-electron chi connectivity index (χ2n) is 6.81. The predicted molar refractivity (Wildman–Crippen MR) is 98.9 cm³/mol. The van der Waals surface area contributed by atoms with Crippen molar-refractivity contribution in [3.63, 3.8) is 0 Å². The van der Waals surface area contributed by atoms with Crippen molar-refractivity contribution in [2.24, 2.45) is 0 Å². The number of hydrogen-bond acceptors (Lipinski definition) is 5. The van der Waals surface area contributed by atoms with E-state index in [4.69, 9.17) is 16.3 Å². The Bertz CT molecular complexity index is 837. The Morgan fingerprint density at radius 2 is 1.96 bits per heavy atom. The van der Waals surface area contributed by atoms with Gasteiger partial charge in [0.25, 0.3) is 0 Å². The normalized spacial score (nSPS) is 20.5. The summed E-state index contributed by atoms with van der Waals surface area (Å²) in [5.74, 6) is 0.319. The number of nitrogens with zero attached hydrogens (tertiary/aromatic N) is 3. The summed E-state index contributed by atoms with van der Waals surface area (Å²) < 4.78 is 7.56. The van der Waals surface area contributed by atoms with E-state index in [0.717, 1.165) is 36.9 Å². The van der Waals surface area contributed by atoms with E-state index >= 15 is 0 Å². The fraction of sp³-hybridized carbons (Fsp3) is 0.421. The molecule has 1 saturated carbocycles. The highest BCUT2D eigenvalue weighted by atomic mass is 35.5. The summed E-state index contributed by atoms with van der Waals surface area (Å²) in [4.78, 5) is 17.3. The number of anilines is 1. The zero-order valence-corrected chi connectivity index (χ0v) is 15.4. The Morgan fingerprint density at radius 1 is 1.23 bits per heavy atom. The Labute approximate surface area is 157 Å². The fourth-order valence-electron chi connectivity index (χ4n) is 3.71. The van der Waals surface area contributed by atoms with E-state index in [1.807, 2.05) is 31.2 Å². The van der Waals surface area contributed by atoms with Crippen LogP contribution in [0.5, 0.6) is 0 Å². The molecule has 0 radical (unpaired) electrons. The van der Waals surface area contributed by atoms with Gasteiger partial charge >= 0.3 is 5.97 Å². The summed E-state index contributed by atoms with van der Waals surface area (Å²) in [6, 6.07) is 7.06. The van der Waals surface area contributed by atoms with Gasteiger partial charge in [-0.25, -0.2) is 9.48 Å². The first kappa shape index (κ1) is 17.1. The van der Waals surface area contributed by atoms with Gasteiger partial charge in [-0.15, -0.1) is 0 Å². The number of rotatable bonds is 3. The van der Waals surface area contributed by atoms with Gasteiger partial charge in [-0.3, -0.25) is 0 Å². The van der Waals surface area contributed by atoms with Crippen molar-refractivity contribution in [2.75, 3.05) is 5.32 Å². The molecule has 2 aliphatic rings. The molecule has 1 N–H and O–H groups in total. The van der Waals surface area contributed by atoms with E-state index in [1.165, 1.54) is 12.7 Å². The van der Waals surface area contributed by atoms with Crippen molar-refractivity contribution in [1.82, 2.24) is 14.8 Å². The summed E-state index contributed by atoms with van der Waals surface area (Å²) in [7, 11) is 0. The minimum absolute atomic E-state index is 0.000406. The van der Waals surface area contributed by atoms with Crippen LogP contribution in [-0.2, 0) is 9.53 Å². The molecule has 0 unspecified atom stereocenters. The van der Waals surface area contributed by atoms with Gasteiger partial charge in [-0.2, -0.15) is 10.1 Å². The molecule has 1 aromatic heterocycles. The van der Waals surface area contributed by atoms with Crippen LogP contribution < -0.4 is 5.32 Å². The highest BCUT2D eigenvalue weighted by molar-refractivity contribution is 6.30. The third-order valence-corrected chi connectivity index (χ3v) is 5.28. The monoisotopic (exact) mass is 372 g/mol. The number of halogens is 1. The summed E-state index contributed by atoms with van der Waals surface area (Å²) in [6.07, 6.45) is 6.79. The second kappa shape index (κ2) is 7.11. The first-order chi connectivity index (χ1) is 12.6. The lowest BCUT2D eigenvalue weighted by molar-refractivity contribution is -0.146. The third kappa shape index (κ3) is 3.21. The van der Waals surface area contributed by atoms with Crippen LogP contribution in [0.15, 0.2) is 41.9 Å². The Morgan fingerprint density at radius 3 is 2.69 bits per heavy atom. The van der Waals surface area contributed by atoms with Gasteiger partial charge in [-0.05, 0) is 50.3 Å². The van der Waals surface area contributed by atoms with Gasteiger partial charge in [0.05, 0.1) is 5.57 Å². The molecule has 1 fully saturated rings. The topological polar surface area (TPSA) is 69.0 Å². The van der Waals surface area contributed by atoms with Crippen molar-refractivity contribution in [1.29, 1.82) is 0 Å². The minimum atomic E-state index is -0.387. The Hall–Kier alpha value is -2.34. The van der Waals surface area contributed by atoms with E-state index in [9.17, 15) is 4.79 Å². The molecule has 2 aromatic rings. The molecule has 1 aromatic carbocycles. The summed E-state index contributed by atoms with van der Waals surface area (Å²) in [5, 5.41) is 8.13. The standard InChI is InChI=1S/C19H21ClN4O2/c1-12-16(18(25)26-15-5-3-2-4-6-15)17(13-7-9-14(20)10-8-13)24-19(23-12)21-11-22-24/h7-11,15,17H,2-6H2,1H3,(H,21,22,23)/t17-/m1/s1. The summed E-state index contributed by atoms with van der Waals surface area (Å²) in [5.41, 5.74) is 2.22. The highest BCUT2D eigenvalue weighted by Crippen LogP contribution is 2.36. The van der Waals surface area contributed by atoms with Crippen LogP contribution in [0.1, 0.15) is 50.6 Å². The van der Waals surface area contributed by atoms with E-state index in [0.29, 0.717) is 16.5 Å². The molecule has 0 bridgehead atoms. The minimum Gasteiger partial charge on any atom is -0.459 e. The van der Waals surface area contributed by atoms with E-state index < -0.39 is 0 Å². The average molecular weight is 373 g/mol. The Kier molecular flexibility index (Phi) is 4.68. The molecule has 1 aliphatic carbocycles. The van der Waals surface area contributed by atoms with Crippen LogP contribution in [0.3, 0.4) is 0 Å². The number of aromatic nitrogens is 3. The number of ether oxygens (including phenoxy) is 1. The fourth-order valence-corrected chi connectivity index (χ4v) is 3.83. The molecule has 7 heteroatoms. The van der Waals surface area contributed by atoms with Crippen molar-refractivity contribution in [3.05, 3.63) is 52.4 Å². The maximum atomic E-state index is 13.1. The number of benzene rings is 1. The van der Waals surface area contributed by atoms with Gasteiger partial charge in [0.2, 0.25) is 5.95 Å². The van der Waals surface area contributed by atoms with Crippen molar-refractivity contribution >= 4 is 23.5 Å². The number of fused-ring (bicyclic) bond motifs is 1. The molecule has 1 atom stereocenters. The summed E-state index contributed by atoms with van der Waals surface area (Å²) >= 11 is 6.04. The van der Waals surface area contributed by atoms with E-state index in [1.54, 1.807) is 4.68 Å². The number of carbonyl (C=O) groups is 1. The van der Waals surface area contributed by atoms with E-state index in [2.05, 4.69) is 15.4 Å². The van der Waals surface area contributed by atoms with Gasteiger partial charge in [-0.1, -0.05) is 30.2 Å². The lowest BCUT2D eigenvalue weighted by Gasteiger charge is -2.30. The molecule has 1 aliphatic heterocycles. The largest absolute Gasteiger partial charge is 0.459 e. The zero-order valence-electron chi connectivity index (χ0n) is 14.6. The second-order valence-corrected chi connectivity index (χ2v) is 7.25. The molecule has 136 valence electrons. The lowest BCUT2D eigenvalue weighted by Crippen LogP contribution is -2.32. The molecule has 26 heavy (non-hydrogen) atoms. The van der Waals surface area contributed by atoms with Crippen LogP contribution in [0, 0.1) is 0 Å². The van der Waals surface area contributed by atoms with E-state index in [-0.39, 0.29) is 18.1 Å². The van der Waals surface area contributed by atoms with Crippen LogP contribution in [-0.4, -0.2) is 26.8 Å². The van der Waals surface area contributed by atoms with Gasteiger partial charge in [0.1, 0.15) is 18.5 Å². The van der Waals surface area contributed by atoms with Crippen LogP contribution in [0.25, 0.3) is 0 Å². The first-order valence-corrected chi connectivity index (χ1v) is 9.35. The van der Waals surface area contributed by atoms with Gasteiger partial charge < -0.3 is 10.1 Å². The van der Waals surface area contributed by atoms with Crippen LogP contribution in [0.4, 0.5) is 5.95 Å². The SMILES string of the molecule is CC1=C(C(=O)OC2CCCCC2)[C@@H](c2ccc(Cl)cc2)n2ncnc2N1. The molecule has 6 nitrogen and oxygen atoms in total. The van der Waals surface area contributed by atoms with Gasteiger partial charge in [0.15, 0.2) is 0 Å². The zero-order chi connectivity index (χ0) is 18.1. The third-order valence-electron chi connectivity index (χ3n) is 5.03. The van der Waals surface area contributed by atoms with Crippen molar-refractivity contribution in [3.8, 4) is 0 Å². The predicted octanol–water partition coefficient (Wildman–Crippen LogP) is 4.10. The molecule has 0 spiro atoms. The smallest absolute Gasteiger partial charge is 0.338 e. The first-order valence-electron chi connectivity index (χ1n) is 8.97. The molecule has 2 heterocycles. The van der Waals surface area contributed by atoms with Gasteiger partial charge in [0, 0.05) is 10.7 Å². The molecular weight excluding hydrogens is 352 g/mol.